The van der Waals surface area contributed by atoms with E-state index in [2.05, 4.69) is 84.9 Å². The average Bonchev–Trinajstić information content (AvgIpc) is 3.75. The molecular formula is C45H27N3O2. The van der Waals surface area contributed by atoms with Gasteiger partial charge in [-0.2, -0.15) is 0 Å². The van der Waals surface area contributed by atoms with Gasteiger partial charge in [0.1, 0.15) is 22.3 Å². The summed E-state index contributed by atoms with van der Waals surface area (Å²) in [7, 11) is 0. The number of benzene rings is 7. The van der Waals surface area contributed by atoms with Crippen LogP contribution in [-0.4, -0.2) is 15.0 Å². The molecule has 3 aromatic heterocycles. The lowest BCUT2D eigenvalue weighted by Crippen LogP contribution is -2.00. The van der Waals surface area contributed by atoms with E-state index in [-0.39, 0.29) is 0 Å². The fourth-order valence-electron chi connectivity index (χ4n) is 6.80. The molecule has 5 nitrogen and oxygen atoms in total. The molecule has 0 atom stereocenters. The summed E-state index contributed by atoms with van der Waals surface area (Å²) in [6, 6.07) is 55.9. The normalized spacial score (nSPS) is 11.6. The average molecular weight is 642 g/mol. The van der Waals surface area contributed by atoms with E-state index in [1.807, 2.05) is 78.9 Å². The zero-order valence-corrected chi connectivity index (χ0v) is 26.7. The van der Waals surface area contributed by atoms with Gasteiger partial charge in [-0.15, -0.1) is 0 Å². The Hall–Kier alpha value is -6.85. The van der Waals surface area contributed by atoms with Gasteiger partial charge in [0, 0.05) is 38.2 Å². The largest absolute Gasteiger partial charge is 0.456 e. The fourth-order valence-corrected chi connectivity index (χ4v) is 6.80. The van der Waals surface area contributed by atoms with Crippen molar-refractivity contribution in [1.29, 1.82) is 0 Å². The van der Waals surface area contributed by atoms with Gasteiger partial charge in [-0.25, -0.2) is 15.0 Å². The molecule has 7 aromatic carbocycles. The summed E-state index contributed by atoms with van der Waals surface area (Å²) < 4.78 is 12.7. The van der Waals surface area contributed by atoms with Crippen LogP contribution < -0.4 is 0 Å². The van der Waals surface area contributed by atoms with E-state index in [9.17, 15) is 0 Å². The molecule has 0 spiro atoms. The molecule has 0 unspecified atom stereocenters. The van der Waals surface area contributed by atoms with Crippen LogP contribution in [0.25, 0.3) is 100 Å². The Morgan fingerprint density at radius 3 is 1.16 bits per heavy atom. The highest BCUT2D eigenvalue weighted by Gasteiger charge is 2.16. The van der Waals surface area contributed by atoms with E-state index in [0.717, 1.165) is 71.7 Å². The van der Waals surface area contributed by atoms with Crippen LogP contribution in [0.2, 0.25) is 0 Å². The first-order valence-electron chi connectivity index (χ1n) is 16.6. The van der Waals surface area contributed by atoms with E-state index in [1.165, 1.54) is 11.1 Å². The minimum atomic E-state index is 0.593. The zero-order valence-electron chi connectivity index (χ0n) is 26.7. The van der Waals surface area contributed by atoms with Crippen molar-refractivity contribution in [2.75, 3.05) is 0 Å². The number of hydrogen-bond donors (Lipinski definition) is 0. The molecule has 10 aromatic rings. The first-order valence-corrected chi connectivity index (χ1v) is 16.6. The van der Waals surface area contributed by atoms with Crippen molar-refractivity contribution >= 4 is 43.9 Å². The highest BCUT2D eigenvalue weighted by atomic mass is 16.3. The molecule has 0 aliphatic carbocycles. The third-order valence-corrected chi connectivity index (χ3v) is 9.34. The van der Waals surface area contributed by atoms with Crippen LogP contribution in [0.1, 0.15) is 0 Å². The van der Waals surface area contributed by atoms with Crippen molar-refractivity contribution in [3.63, 3.8) is 0 Å². The Kier molecular flexibility index (Phi) is 6.42. The molecule has 0 saturated carbocycles. The third-order valence-electron chi connectivity index (χ3n) is 9.34. The van der Waals surface area contributed by atoms with Crippen LogP contribution in [0.5, 0.6) is 0 Å². The molecule has 0 aliphatic rings. The maximum absolute atomic E-state index is 6.40. The topological polar surface area (TPSA) is 65.0 Å². The lowest BCUT2D eigenvalue weighted by Gasteiger charge is -2.08. The molecule has 0 radical (unpaired) electrons. The van der Waals surface area contributed by atoms with Crippen LogP contribution in [0, 0.1) is 0 Å². The van der Waals surface area contributed by atoms with Gasteiger partial charge in [0.2, 0.25) is 0 Å². The van der Waals surface area contributed by atoms with Gasteiger partial charge in [0.15, 0.2) is 17.5 Å². The lowest BCUT2D eigenvalue weighted by atomic mass is 10.00. The zero-order chi connectivity index (χ0) is 33.0. The molecule has 50 heavy (non-hydrogen) atoms. The van der Waals surface area contributed by atoms with Gasteiger partial charge in [-0.05, 0) is 70.8 Å². The van der Waals surface area contributed by atoms with Crippen molar-refractivity contribution in [3.8, 4) is 56.4 Å². The molecule has 0 fully saturated rings. The lowest BCUT2D eigenvalue weighted by molar-refractivity contribution is 0.669. The molecule has 0 aliphatic heterocycles. The predicted molar refractivity (Wildman–Crippen MR) is 202 cm³/mol. The van der Waals surface area contributed by atoms with Crippen molar-refractivity contribution < 1.29 is 8.83 Å². The Morgan fingerprint density at radius 1 is 0.260 bits per heavy atom. The minimum absolute atomic E-state index is 0.593. The summed E-state index contributed by atoms with van der Waals surface area (Å²) in [6.45, 7) is 0. The summed E-state index contributed by atoms with van der Waals surface area (Å²) in [4.78, 5) is 14.6. The molecule has 0 bridgehead atoms. The third kappa shape index (κ3) is 4.83. The highest BCUT2D eigenvalue weighted by Crippen LogP contribution is 2.38. The number of hydrogen-bond acceptors (Lipinski definition) is 5. The minimum Gasteiger partial charge on any atom is -0.456 e. The number of rotatable bonds is 5. The smallest absolute Gasteiger partial charge is 0.164 e. The van der Waals surface area contributed by atoms with E-state index < -0.39 is 0 Å². The molecule has 0 saturated heterocycles. The van der Waals surface area contributed by atoms with Crippen molar-refractivity contribution in [3.05, 3.63) is 164 Å². The van der Waals surface area contributed by atoms with Gasteiger partial charge < -0.3 is 8.83 Å². The molecule has 5 heteroatoms. The molecule has 0 N–H and O–H groups in total. The summed E-state index contributed by atoms with van der Waals surface area (Å²) in [5.74, 6) is 1.85. The molecular weight excluding hydrogens is 615 g/mol. The van der Waals surface area contributed by atoms with Gasteiger partial charge in [0.05, 0.1) is 0 Å². The molecule has 10 rings (SSSR count). The van der Waals surface area contributed by atoms with Crippen LogP contribution in [0.4, 0.5) is 0 Å². The Balaban J connectivity index is 1.03. The number of furan rings is 2. The molecule has 3 heterocycles. The van der Waals surface area contributed by atoms with Crippen LogP contribution in [0.3, 0.4) is 0 Å². The second kappa shape index (κ2) is 11.4. The predicted octanol–water partition coefficient (Wildman–Crippen LogP) is 12.0. The molecule has 0 amide bonds. The van der Waals surface area contributed by atoms with Crippen molar-refractivity contribution in [2.24, 2.45) is 0 Å². The van der Waals surface area contributed by atoms with Gasteiger partial charge in [-0.3, -0.25) is 0 Å². The quantitative estimate of drug-likeness (QED) is 0.187. The Morgan fingerprint density at radius 2 is 0.640 bits per heavy atom. The Labute approximate surface area is 287 Å². The fraction of sp³-hybridized carbons (Fsp3) is 0. The van der Waals surface area contributed by atoms with E-state index in [1.54, 1.807) is 0 Å². The number of nitrogens with zero attached hydrogens (tertiary/aromatic N) is 3. The summed E-state index contributed by atoms with van der Waals surface area (Å²) >= 11 is 0. The van der Waals surface area contributed by atoms with E-state index in [0.29, 0.717) is 17.5 Å². The number of aromatic nitrogens is 3. The SMILES string of the molecule is c1ccc(-c2ccc3oc4cc(-c5ccc6oc7cc(-c8nc(-c9ccccc9)nc(-c9ccccc9)n8)ccc7c6c5)ccc4c3c2)cc1. The van der Waals surface area contributed by atoms with Crippen LogP contribution in [0.15, 0.2) is 173 Å². The second-order valence-corrected chi connectivity index (χ2v) is 12.5. The monoisotopic (exact) mass is 641 g/mol. The molecule has 234 valence electrons. The maximum atomic E-state index is 6.40. The van der Waals surface area contributed by atoms with Crippen molar-refractivity contribution in [2.45, 2.75) is 0 Å². The summed E-state index contributed by atoms with van der Waals surface area (Å²) in [6.07, 6.45) is 0. The van der Waals surface area contributed by atoms with E-state index >= 15 is 0 Å². The number of fused-ring (bicyclic) bond motifs is 6. The van der Waals surface area contributed by atoms with Crippen molar-refractivity contribution in [1.82, 2.24) is 15.0 Å². The summed E-state index contributed by atoms with van der Waals surface area (Å²) in [5.41, 5.74) is 10.6. The maximum Gasteiger partial charge on any atom is 0.164 e. The van der Waals surface area contributed by atoms with E-state index in [4.69, 9.17) is 23.8 Å². The van der Waals surface area contributed by atoms with Gasteiger partial charge >= 0.3 is 0 Å². The van der Waals surface area contributed by atoms with Gasteiger partial charge in [0.25, 0.3) is 0 Å². The highest BCUT2D eigenvalue weighted by molar-refractivity contribution is 6.09. The van der Waals surface area contributed by atoms with Crippen LogP contribution in [-0.2, 0) is 0 Å². The first kappa shape index (κ1) is 28.2. The first-order chi connectivity index (χ1) is 24.7. The van der Waals surface area contributed by atoms with Crippen LogP contribution >= 0.6 is 0 Å². The summed E-state index contributed by atoms with van der Waals surface area (Å²) in [5, 5.41) is 4.30. The standard InChI is InChI=1S/C45H27N3O2/c1-4-10-28(11-5-1)31-18-22-39-37(24-31)35-20-16-33(26-41(35)49-39)32-19-23-40-38(25-32)36-21-17-34(27-42(36)50-40)45-47-43(29-12-6-2-7-13-29)46-44(48-45)30-14-8-3-9-15-30/h1-27H. The Bertz CT molecular complexity index is 2800. The second-order valence-electron chi connectivity index (χ2n) is 12.5. The van der Waals surface area contributed by atoms with Gasteiger partial charge in [-0.1, -0.05) is 115 Å².